The minimum Gasteiger partial charge on any atom is -0.497 e. The lowest BCUT2D eigenvalue weighted by atomic mass is 9.96. The number of H-pyrrole nitrogens is 1. The third kappa shape index (κ3) is 3.77. The van der Waals surface area contributed by atoms with E-state index in [2.05, 4.69) is 9.97 Å². The first-order valence-corrected chi connectivity index (χ1v) is 9.95. The Morgan fingerprint density at radius 3 is 2.72 bits per heavy atom. The molecule has 0 bridgehead atoms. The molecule has 0 saturated carbocycles. The average molecular weight is 394 g/mol. The molecule has 2 aromatic heterocycles. The number of methoxy groups -OCH3 is 1. The number of aryl methyl sites for hydroxylation is 1. The first-order valence-electron chi connectivity index (χ1n) is 9.95. The lowest BCUT2D eigenvalue weighted by Gasteiger charge is -2.32. The van der Waals surface area contributed by atoms with Crippen LogP contribution in [0.4, 0.5) is 0 Å². The molecule has 0 spiro atoms. The van der Waals surface area contributed by atoms with Gasteiger partial charge in [0.05, 0.1) is 13.4 Å². The molecule has 152 valence electrons. The molecule has 0 atom stereocenters. The quantitative estimate of drug-likeness (QED) is 0.738. The minimum atomic E-state index is 0.0173. The molecule has 3 heterocycles. The Hall–Kier alpha value is -3.09. The van der Waals surface area contributed by atoms with E-state index in [1.807, 2.05) is 43.0 Å². The van der Waals surface area contributed by atoms with Crippen molar-refractivity contribution in [3.8, 4) is 5.75 Å². The van der Waals surface area contributed by atoms with E-state index >= 15 is 0 Å². The van der Waals surface area contributed by atoms with E-state index in [4.69, 9.17) is 4.74 Å². The summed E-state index contributed by atoms with van der Waals surface area (Å²) in [5, 5.41) is 0.991. The fourth-order valence-corrected chi connectivity index (χ4v) is 3.92. The molecule has 1 saturated heterocycles. The Balaban J connectivity index is 1.41. The third-order valence-electron chi connectivity index (χ3n) is 5.93. The zero-order valence-electron chi connectivity index (χ0n) is 17.1. The fourth-order valence-electron chi connectivity index (χ4n) is 3.92. The molecule has 3 aromatic rings. The van der Waals surface area contributed by atoms with Crippen molar-refractivity contribution in [3.63, 3.8) is 0 Å². The highest BCUT2D eigenvalue weighted by molar-refractivity contribution is 5.98. The van der Waals surface area contributed by atoms with Gasteiger partial charge in [-0.2, -0.15) is 0 Å². The molecule has 0 aliphatic carbocycles. The van der Waals surface area contributed by atoms with Gasteiger partial charge in [-0.25, -0.2) is 4.98 Å². The van der Waals surface area contributed by atoms with E-state index in [-0.39, 0.29) is 11.5 Å². The van der Waals surface area contributed by atoms with Gasteiger partial charge in [0.1, 0.15) is 11.4 Å². The fraction of sp³-hybridized carbons (Fsp3) is 0.409. The lowest BCUT2D eigenvalue weighted by molar-refractivity contribution is 0.0677. The SMILES string of the molecule is COc1ccc2cc(C(=O)N3CCC(Cn4cnc(C)c(C)c4=O)CC3)[nH]c2c1. The second-order valence-corrected chi connectivity index (χ2v) is 7.78. The monoisotopic (exact) mass is 394 g/mol. The number of nitrogens with zero attached hydrogens (tertiary/aromatic N) is 3. The molecule has 1 aliphatic heterocycles. The second-order valence-electron chi connectivity index (χ2n) is 7.78. The van der Waals surface area contributed by atoms with Gasteiger partial charge in [0.2, 0.25) is 0 Å². The largest absolute Gasteiger partial charge is 0.497 e. The zero-order chi connectivity index (χ0) is 20.5. The summed E-state index contributed by atoms with van der Waals surface area (Å²) in [5.74, 6) is 1.14. The number of aromatic nitrogens is 3. The van der Waals surface area contributed by atoms with Crippen LogP contribution < -0.4 is 10.3 Å². The van der Waals surface area contributed by atoms with E-state index in [0.717, 1.165) is 35.2 Å². The number of ether oxygens (including phenoxy) is 1. The number of amides is 1. The predicted octanol–water partition coefficient (Wildman–Crippen LogP) is 2.90. The van der Waals surface area contributed by atoms with E-state index in [0.29, 0.717) is 36.8 Å². The Bertz CT molecular complexity index is 1110. The minimum absolute atomic E-state index is 0.0173. The van der Waals surface area contributed by atoms with Crippen LogP contribution in [-0.2, 0) is 6.54 Å². The van der Waals surface area contributed by atoms with Crippen LogP contribution in [0.2, 0.25) is 0 Å². The first-order chi connectivity index (χ1) is 14.0. The van der Waals surface area contributed by atoms with E-state index in [1.165, 1.54) is 0 Å². The van der Waals surface area contributed by atoms with E-state index in [1.54, 1.807) is 18.0 Å². The average Bonchev–Trinajstić information content (AvgIpc) is 3.17. The summed E-state index contributed by atoms with van der Waals surface area (Å²) in [6, 6.07) is 7.62. The van der Waals surface area contributed by atoms with Gasteiger partial charge < -0.3 is 14.6 Å². The molecular weight excluding hydrogens is 368 g/mol. The lowest BCUT2D eigenvalue weighted by Crippen LogP contribution is -2.40. The van der Waals surface area contributed by atoms with E-state index < -0.39 is 0 Å². The van der Waals surface area contributed by atoms with Gasteiger partial charge >= 0.3 is 0 Å². The van der Waals surface area contributed by atoms with Gasteiger partial charge in [-0.05, 0) is 50.8 Å². The molecule has 1 aliphatic rings. The van der Waals surface area contributed by atoms with Crippen LogP contribution in [0.1, 0.15) is 34.6 Å². The number of rotatable bonds is 4. The summed E-state index contributed by atoms with van der Waals surface area (Å²) in [6.45, 7) is 5.70. The molecule has 1 aromatic carbocycles. The maximum atomic E-state index is 12.9. The number of aromatic amines is 1. The number of hydrogen-bond acceptors (Lipinski definition) is 4. The Kier molecular flexibility index (Phi) is 5.13. The number of carbonyl (C=O) groups excluding carboxylic acids is 1. The number of piperidine rings is 1. The van der Waals surface area contributed by atoms with Crippen molar-refractivity contribution in [2.75, 3.05) is 20.2 Å². The summed E-state index contributed by atoms with van der Waals surface area (Å²) in [4.78, 5) is 34.7. The molecule has 0 unspecified atom stereocenters. The van der Waals surface area contributed by atoms with Crippen molar-refractivity contribution < 1.29 is 9.53 Å². The van der Waals surface area contributed by atoms with Crippen molar-refractivity contribution in [1.29, 1.82) is 0 Å². The standard InChI is InChI=1S/C22H26N4O3/c1-14-15(2)23-13-26(21(14)27)12-16-6-8-25(9-7-16)22(28)20-10-17-4-5-18(29-3)11-19(17)24-20/h4-5,10-11,13,16,24H,6-9,12H2,1-3H3. The molecule has 1 N–H and O–H groups in total. The van der Waals surface area contributed by atoms with Crippen molar-refractivity contribution in [2.24, 2.45) is 5.92 Å². The Labute approximate surface area is 169 Å². The van der Waals surface area contributed by atoms with Crippen molar-refractivity contribution in [2.45, 2.75) is 33.2 Å². The molecule has 1 amide bonds. The smallest absolute Gasteiger partial charge is 0.270 e. The van der Waals surface area contributed by atoms with E-state index in [9.17, 15) is 9.59 Å². The number of carbonyl (C=O) groups is 1. The van der Waals surface area contributed by atoms with Crippen molar-refractivity contribution in [1.82, 2.24) is 19.4 Å². The van der Waals surface area contributed by atoms with Crippen molar-refractivity contribution in [3.05, 3.63) is 57.9 Å². The number of nitrogens with one attached hydrogen (secondary N) is 1. The third-order valence-corrected chi connectivity index (χ3v) is 5.93. The summed E-state index contributed by atoms with van der Waals surface area (Å²) >= 11 is 0. The topological polar surface area (TPSA) is 80.2 Å². The maximum absolute atomic E-state index is 12.9. The van der Waals surface area contributed by atoms with Gasteiger partial charge in [0.15, 0.2) is 0 Å². The highest BCUT2D eigenvalue weighted by atomic mass is 16.5. The zero-order valence-corrected chi connectivity index (χ0v) is 17.1. The second kappa shape index (κ2) is 7.73. The molecule has 4 rings (SSSR count). The van der Waals surface area contributed by atoms with Gasteiger partial charge in [-0.3, -0.25) is 14.2 Å². The van der Waals surface area contributed by atoms with Crippen LogP contribution in [-0.4, -0.2) is 45.5 Å². The molecule has 7 heteroatoms. The molecule has 7 nitrogen and oxygen atoms in total. The predicted molar refractivity (Wildman–Crippen MR) is 111 cm³/mol. The maximum Gasteiger partial charge on any atom is 0.270 e. The first kappa shape index (κ1) is 19.2. The van der Waals surface area contributed by atoms with Gasteiger partial charge in [-0.1, -0.05) is 0 Å². The van der Waals surface area contributed by atoms with Crippen LogP contribution in [0.15, 0.2) is 35.4 Å². The summed E-state index contributed by atoms with van der Waals surface area (Å²) in [5.41, 5.74) is 3.01. The highest BCUT2D eigenvalue weighted by Crippen LogP contribution is 2.24. The van der Waals surface area contributed by atoms with Gasteiger partial charge in [0, 0.05) is 47.9 Å². The normalized spacial score (nSPS) is 15.1. The van der Waals surface area contributed by atoms with Crippen molar-refractivity contribution >= 4 is 16.8 Å². The van der Waals surface area contributed by atoms with Crippen LogP contribution in [0, 0.1) is 19.8 Å². The molecule has 0 radical (unpaired) electrons. The summed E-state index contributed by atoms with van der Waals surface area (Å²) < 4.78 is 6.95. The van der Waals surface area contributed by atoms with Gasteiger partial charge in [0.25, 0.3) is 11.5 Å². The van der Waals surface area contributed by atoms with Crippen LogP contribution in [0.5, 0.6) is 5.75 Å². The van der Waals surface area contributed by atoms with Crippen LogP contribution in [0.25, 0.3) is 10.9 Å². The number of hydrogen-bond donors (Lipinski definition) is 1. The molecule has 1 fully saturated rings. The highest BCUT2D eigenvalue weighted by Gasteiger charge is 2.25. The number of likely N-dealkylation sites (tertiary alicyclic amines) is 1. The Morgan fingerprint density at radius 1 is 1.24 bits per heavy atom. The van der Waals surface area contributed by atoms with Gasteiger partial charge in [-0.15, -0.1) is 0 Å². The number of fused-ring (bicyclic) bond motifs is 1. The summed E-state index contributed by atoms with van der Waals surface area (Å²) in [6.07, 6.45) is 3.39. The van der Waals surface area contributed by atoms with Crippen LogP contribution in [0.3, 0.4) is 0 Å². The van der Waals surface area contributed by atoms with Crippen LogP contribution >= 0.6 is 0 Å². The Morgan fingerprint density at radius 2 is 2.00 bits per heavy atom. The number of benzene rings is 1. The molecule has 29 heavy (non-hydrogen) atoms. The summed E-state index contributed by atoms with van der Waals surface area (Å²) in [7, 11) is 1.63. The molecular formula is C22H26N4O3.